The van der Waals surface area contributed by atoms with Gasteiger partial charge in [0, 0.05) is 0 Å². The summed E-state index contributed by atoms with van der Waals surface area (Å²) in [5.74, 6) is 3.29. The fourth-order valence-electron chi connectivity index (χ4n) is 2.18. The van der Waals surface area contributed by atoms with E-state index in [4.69, 9.17) is 11.5 Å². The zero-order valence-electron chi connectivity index (χ0n) is 11.3. The molecule has 96 valence electrons. The van der Waals surface area contributed by atoms with Gasteiger partial charge in [-0.2, -0.15) is 0 Å². The third kappa shape index (κ3) is 4.05. The van der Waals surface area contributed by atoms with Gasteiger partial charge in [-0.05, 0) is 24.8 Å². The molecule has 1 N–H and O–H groups in total. The molecule has 1 heteroatoms. The minimum absolute atomic E-state index is 0.0748. The summed E-state index contributed by atoms with van der Waals surface area (Å²) < 4.78 is 0. The number of hydrogen-bond acceptors (Lipinski definition) is 1. The number of allylic oxidation sites excluding steroid dienone is 1. The maximum atomic E-state index is 8.91. The Morgan fingerprint density at radius 3 is 2.50 bits per heavy atom. The molecular weight excluding hydrogens is 220 g/mol. The van der Waals surface area contributed by atoms with Gasteiger partial charge in [-0.1, -0.05) is 61.2 Å². The van der Waals surface area contributed by atoms with Crippen LogP contribution in [0.25, 0.3) is 0 Å². The largest absolute Gasteiger partial charge is 0.392 e. The Balaban J connectivity index is 2.94. The SMILES string of the molecule is C#CC(c1ccc(C)cc1)C(/C=C/CO)CCC. The number of benzene rings is 1. The van der Waals surface area contributed by atoms with Crippen molar-refractivity contribution in [3.8, 4) is 12.3 Å². The van der Waals surface area contributed by atoms with Crippen LogP contribution in [0.3, 0.4) is 0 Å². The van der Waals surface area contributed by atoms with E-state index in [0.717, 1.165) is 12.8 Å². The lowest BCUT2D eigenvalue weighted by Crippen LogP contribution is -2.09. The summed E-state index contributed by atoms with van der Waals surface area (Å²) in [7, 11) is 0. The van der Waals surface area contributed by atoms with Crippen molar-refractivity contribution in [3.63, 3.8) is 0 Å². The molecule has 1 rings (SSSR count). The lowest BCUT2D eigenvalue weighted by Gasteiger charge is -2.20. The molecule has 0 fully saturated rings. The minimum Gasteiger partial charge on any atom is -0.392 e. The van der Waals surface area contributed by atoms with E-state index in [0.29, 0.717) is 5.92 Å². The number of aliphatic hydroxyl groups is 1. The average Bonchev–Trinajstić information content (AvgIpc) is 2.39. The molecule has 1 aromatic rings. The van der Waals surface area contributed by atoms with Gasteiger partial charge < -0.3 is 5.11 Å². The van der Waals surface area contributed by atoms with Crippen molar-refractivity contribution in [1.82, 2.24) is 0 Å². The molecule has 2 unspecified atom stereocenters. The van der Waals surface area contributed by atoms with Crippen LogP contribution in [-0.2, 0) is 0 Å². The predicted octanol–water partition coefficient (Wildman–Crippen LogP) is 3.68. The second kappa shape index (κ2) is 7.74. The van der Waals surface area contributed by atoms with Crippen molar-refractivity contribution in [3.05, 3.63) is 47.5 Å². The summed E-state index contributed by atoms with van der Waals surface area (Å²) in [6.07, 6.45) is 11.7. The standard InChI is InChI=1S/C17H22O/c1-4-7-15(8-6-13-18)17(5-2)16-11-9-14(3)10-12-16/h2,6,8-12,15,17-18H,4,7,13H2,1,3H3/b8-6+. The molecule has 0 saturated carbocycles. The molecule has 0 radical (unpaired) electrons. The highest BCUT2D eigenvalue weighted by molar-refractivity contribution is 5.31. The molecule has 0 aromatic heterocycles. The summed E-state index contributed by atoms with van der Waals surface area (Å²) in [6.45, 7) is 4.30. The Hall–Kier alpha value is -1.52. The van der Waals surface area contributed by atoms with E-state index in [1.165, 1.54) is 11.1 Å². The van der Waals surface area contributed by atoms with Crippen LogP contribution in [0.2, 0.25) is 0 Å². The Kier molecular flexibility index (Phi) is 6.25. The van der Waals surface area contributed by atoms with Crippen molar-refractivity contribution in [2.24, 2.45) is 5.92 Å². The fraction of sp³-hybridized carbons (Fsp3) is 0.412. The van der Waals surface area contributed by atoms with E-state index in [2.05, 4.69) is 44.0 Å². The Bertz CT molecular complexity index is 408. The van der Waals surface area contributed by atoms with Gasteiger partial charge in [-0.3, -0.25) is 0 Å². The highest BCUT2D eigenvalue weighted by Crippen LogP contribution is 2.29. The summed E-state index contributed by atoms with van der Waals surface area (Å²) >= 11 is 0. The monoisotopic (exact) mass is 242 g/mol. The third-order valence-electron chi connectivity index (χ3n) is 3.15. The fourth-order valence-corrected chi connectivity index (χ4v) is 2.18. The lowest BCUT2D eigenvalue weighted by molar-refractivity contribution is 0.341. The Morgan fingerprint density at radius 2 is 2.00 bits per heavy atom. The van der Waals surface area contributed by atoms with Crippen LogP contribution in [0.4, 0.5) is 0 Å². The van der Waals surface area contributed by atoms with Gasteiger partial charge in [0.1, 0.15) is 0 Å². The highest BCUT2D eigenvalue weighted by atomic mass is 16.2. The molecule has 0 saturated heterocycles. The third-order valence-corrected chi connectivity index (χ3v) is 3.15. The number of rotatable bonds is 6. The van der Waals surface area contributed by atoms with Gasteiger partial charge in [-0.15, -0.1) is 6.42 Å². The van der Waals surface area contributed by atoms with Crippen molar-refractivity contribution in [1.29, 1.82) is 0 Å². The first-order valence-electron chi connectivity index (χ1n) is 6.53. The van der Waals surface area contributed by atoms with E-state index >= 15 is 0 Å². The van der Waals surface area contributed by atoms with Gasteiger partial charge >= 0.3 is 0 Å². The molecule has 1 aromatic carbocycles. The quantitative estimate of drug-likeness (QED) is 0.596. The topological polar surface area (TPSA) is 20.2 Å². The first-order chi connectivity index (χ1) is 8.72. The number of aryl methyl sites for hydroxylation is 1. The van der Waals surface area contributed by atoms with Crippen LogP contribution in [0.1, 0.15) is 36.8 Å². The van der Waals surface area contributed by atoms with Crippen molar-refractivity contribution < 1.29 is 5.11 Å². The van der Waals surface area contributed by atoms with Gasteiger partial charge in [0.25, 0.3) is 0 Å². The molecule has 0 heterocycles. The smallest absolute Gasteiger partial charge is 0.0612 e. The molecular formula is C17H22O. The number of aliphatic hydroxyl groups excluding tert-OH is 1. The van der Waals surface area contributed by atoms with Crippen LogP contribution in [0, 0.1) is 25.2 Å². The van der Waals surface area contributed by atoms with Crippen LogP contribution in [0.15, 0.2) is 36.4 Å². The summed E-state index contributed by atoms with van der Waals surface area (Å²) in [5, 5.41) is 8.91. The average molecular weight is 242 g/mol. The van der Waals surface area contributed by atoms with Crippen LogP contribution >= 0.6 is 0 Å². The first-order valence-corrected chi connectivity index (χ1v) is 6.53. The van der Waals surface area contributed by atoms with Gasteiger partial charge in [0.2, 0.25) is 0 Å². The zero-order chi connectivity index (χ0) is 13.4. The Labute approximate surface area is 111 Å². The van der Waals surface area contributed by atoms with Crippen LogP contribution in [-0.4, -0.2) is 11.7 Å². The highest BCUT2D eigenvalue weighted by Gasteiger charge is 2.17. The van der Waals surface area contributed by atoms with E-state index in [-0.39, 0.29) is 12.5 Å². The van der Waals surface area contributed by atoms with Crippen LogP contribution < -0.4 is 0 Å². The maximum absolute atomic E-state index is 8.91. The van der Waals surface area contributed by atoms with Crippen LogP contribution in [0.5, 0.6) is 0 Å². The zero-order valence-corrected chi connectivity index (χ0v) is 11.3. The van der Waals surface area contributed by atoms with Crippen molar-refractivity contribution >= 4 is 0 Å². The van der Waals surface area contributed by atoms with E-state index in [1.807, 2.05) is 6.08 Å². The van der Waals surface area contributed by atoms with Gasteiger partial charge in [-0.25, -0.2) is 0 Å². The molecule has 2 atom stereocenters. The molecule has 0 aliphatic heterocycles. The normalized spacial score (nSPS) is 14.3. The minimum atomic E-state index is 0.0748. The molecule has 0 bridgehead atoms. The summed E-state index contributed by atoms with van der Waals surface area (Å²) in [4.78, 5) is 0. The lowest BCUT2D eigenvalue weighted by atomic mass is 9.83. The second-order valence-corrected chi connectivity index (χ2v) is 4.62. The van der Waals surface area contributed by atoms with Crippen molar-refractivity contribution in [2.75, 3.05) is 6.61 Å². The van der Waals surface area contributed by atoms with E-state index < -0.39 is 0 Å². The molecule has 0 aliphatic rings. The first kappa shape index (κ1) is 14.5. The molecule has 0 spiro atoms. The number of terminal acetylenes is 1. The molecule has 0 amide bonds. The second-order valence-electron chi connectivity index (χ2n) is 4.62. The molecule has 18 heavy (non-hydrogen) atoms. The van der Waals surface area contributed by atoms with E-state index in [1.54, 1.807) is 6.08 Å². The van der Waals surface area contributed by atoms with Gasteiger partial charge in [0.05, 0.1) is 12.5 Å². The van der Waals surface area contributed by atoms with E-state index in [9.17, 15) is 0 Å². The molecule has 1 nitrogen and oxygen atoms in total. The maximum Gasteiger partial charge on any atom is 0.0612 e. The molecule has 0 aliphatic carbocycles. The van der Waals surface area contributed by atoms with Gasteiger partial charge in [0.15, 0.2) is 0 Å². The Morgan fingerprint density at radius 1 is 1.33 bits per heavy atom. The summed E-state index contributed by atoms with van der Waals surface area (Å²) in [6, 6.07) is 8.40. The predicted molar refractivity (Wildman–Crippen MR) is 77.4 cm³/mol. The van der Waals surface area contributed by atoms with Crippen molar-refractivity contribution in [2.45, 2.75) is 32.6 Å². The summed E-state index contributed by atoms with van der Waals surface area (Å²) in [5.41, 5.74) is 2.43. The number of hydrogen-bond donors (Lipinski definition) is 1.